The zero-order valence-corrected chi connectivity index (χ0v) is 7.76. The minimum Gasteiger partial charge on any atom is -0.305 e. The lowest BCUT2D eigenvalue weighted by molar-refractivity contribution is 0.570. The lowest BCUT2D eigenvalue weighted by Crippen LogP contribution is -2.11. The maximum absolute atomic E-state index is 13.0. The molecule has 5 heteroatoms. The third-order valence-electron chi connectivity index (χ3n) is 1.98. The molecule has 4 nitrogen and oxygen atoms in total. The normalized spacial score (nSPS) is 10.8. The van der Waals surface area contributed by atoms with Gasteiger partial charge in [0.15, 0.2) is 5.65 Å². The number of hydrogen-bond donors (Lipinski definition) is 1. The van der Waals surface area contributed by atoms with Crippen LogP contribution in [0.2, 0.25) is 0 Å². The Labute approximate surface area is 78.8 Å². The molecule has 0 saturated heterocycles. The molecule has 0 aromatic carbocycles. The van der Waals surface area contributed by atoms with E-state index in [1.165, 1.54) is 6.92 Å². The van der Waals surface area contributed by atoms with E-state index in [4.69, 9.17) is 0 Å². The van der Waals surface area contributed by atoms with Gasteiger partial charge in [0.1, 0.15) is 5.52 Å². The topological polar surface area (TPSA) is 58.6 Å². The minimum atomic E-state index is -0.656. The lowest BCUT2D eigenvalue weighted by atomic mass is 10.3. The standard InChI is InChI=1S/C9H8FN3O/c1-4-3-6-8(13-9(4)14)12-7(10)5(2)11-6/h3H,1-2H3,(H,12,13,14). The summed E-state index contributed by atoms with van der Waals surface area (Å²) < 4.78 is 13.0. The number of H-pyrrole nitrogens is 1. The number of nitrogens with one attached hydrogen (secondary N) is 1. The molecule has 0 bridgehead atoms. The number of aromatic nitrogens is 3. The molecule has 0 amide bonds. The Morgan fingerprint density at radius 3 is 2.79 bits per heavy atom. The summed E-state index contributed by atoms with van der Waals surface area (Å²) in [5.41, 5.74) is 1.18. The average Bonchev–Trinajstić information content (AvgIpc) is 2.11. The Bertz CT molecular complexity index is 562. The van der Waals surface area contributed by atoms with E-state index >= 15 is 0 Å². The molecule has 0 unspecified atom stereocenters. The number of nitrogens with zero attached hydrogens (tertiary/aromatic N) is 2. The van der Waals surface area contributed by atoms with Crippen LogP contribution in [0, 0.1) is 19.8 Å². The van der Waals surface area contributed by atoms with E-state index in [0.29, 0.717) is 11.1 Å². The van der Waals surface area contributed by atoms with Crippen molar-refractivity contribution in [3.8, 4) is 0 Å². The van der Waals surface area contributed by atoms with Gasteiger partial charge in [0.05, 0.1) is 5.69 Å². The maximum Gasteiger partial charge on any atom is 0.252 e. The van der Waals surface area contributed by atoms with E-state index in [2.05, 4.69) is 15.0 Å². The Balaban J connectivity index is 2.90. The highest BCUT2D eigenvalue weighted by molar-refractivity contribution is 5.69. The van der Waals surface area contributed by atoms with Crippen LogP contribution in [0.25, 0.3) is 11.2 Å². The largest absolute Gasteiger partial charge is 0.305 e. The van der Waals surface area contributed by atoms with Crippen LogP contribution in [0.1, 0.15) is 11.3 Å². The second kappa shape index (κ2) is 2.87. The number of hydrogen-bond acceptors (Lipinski definition) is 3. The SMILES string of the molecule is Cc1nc2cc(C)c(=O)[nH]c2nc1F. The van der Waals surface area contributed by atoms with Crippen LogP contribution in [-0.2, 0) is 0 Å². The van der Waals surface area contributed by atoms with E-state index in [1.54, 1.807) is 13.0 Å². The highest BCUT2D eigenvalue weighted by Crippen LogP contribution is 2.08. The fourth-order valence-corrected chi connectivity index (χ4v) is 1.19. The van der Waals surface area contributed by atoms with Gasteiger partial charge < -0.3 is 4.98 Å². The molecule has 0 atom stereocenters. The van der Waals surface area contributed by atoms with Gasteiger partial charge in [-0.15, -0.1) is 0 Å². The third kappa shape index (κ3) is 1.26. The molecule has 2 rings (SSSR count). The molecule has 0 spiro atoms. The van der Waals surface area contributed by atoms with E-state index in [-0.39, 0.29) is 16.9 Å². The molecular formula is C9H8FN3O. The molecule has 0 fully saturated rings. The van der Waals surface area contributed by atoms with Crippen LogP contribution in [0.4, 0.5) is 4.39 Å². The molecule has 2 aromatic heterocycles. The van der Waals surface area contributed by atoms with Gasteiger partial charge in [-0.2, -0.15) is 9.37 Å². The van der Waals surface area contributed by atoms with Gasteiger partial charge >= 0.3 is 0 Å². The molecular weight excluding hydrogens is 185 g/mol. The van der Waals surface area contributed by atoms with Crippen LogP contribution in [0.15, 0.2) is 10.9 Å². The zero-order valence-electron chi connectivity index (χ0n) is 7.76. The first-order valence-corrected chi connectivity index (χ1v) is 4.11. The van der Waals surface area contributed by atoms with Crippen LogP contribution >= 0.6 is 0 Å². The highest BCUT2D eigenvalue weighted by Gasteiger charge is 2.05. The predicted octanol–water partition coefficient (Wildman–Crippen LogP) is 1.07. The molecule has 2 heterocycles. The van der Waals surface area contributed by atoms with Gasteiger partial charge in [0.25, 0.3) is 5.56 Å². The molecule has 14 heavy (non-hydrogen) atoms. The van der Waals surface area contributed by atoms with Crippen LogP contribution < -0.4 is 5.56 Å². The maximum atomic E-state index is 13.0. The van der Waals surface area contributed by atoms with Crippen molar-refractivity contribution in [2.75, 3.05) is 0 Å². The average molecular weight is 193 g/mol. The Morgan fingerprint density at radius 2 is 2.07 bits per heavy atom. The van der Waals surface area contributed by atoms with Gasteiger partial charge in [-0.05, 0) is 19.9 Å². The van der Waals surface area contributed by atoms with Crippen molar-refractivity contribution >= 4 is 11.2 Å². The van der Waals surface area contributed by atoms with E-state index < -0.39 is 5.95 Å². The Hall–Kier alpha value is -1.78. The third-order valence-corrected chi connectivity index (χ3v) is 1.98. The Kier molecular flexibility index (Phi) is 1.80. The summed E-state index contributed by atoms with van der Waals surface area (Å²) in [4.78, 5) is 21.2. The molecule has 0 aliphatic carbocycles. The Morgan fingerprint density at radius 1 is 1.36 bits per heavy atom. The van der Waals surface area contributed by atoms with Crippen molar-refractivity contribution in [1.29, 1.82) is 0 Å². The number of aromatic amines is 1. The first kappa shape index (κ1) is 8.80. The number of fused-ring (bicyclic) bond motifs is 1. The van der Waals surface area contributed by atoms with Crippen LogP contribution in [0.5, 0.6) is 0 Å². The van der Waals surface area contributed by atoms with Crippen molar-refractivity contribution in [3.63, 3.8) is 0 Å². The van der Waals surface area contributed by atoms with Gasteiger partial charge in [0.2, 0.25) is 5.95 Å². The van der Waals surface area contributed by atoms with Crippen LogP contribution in [-0.4, -0.2) is 15.0 Å². The summed E-state index contributed by atoms with van der Waals surface area (Å²) in [6, 6.07) is 1.59. The number of rotatable bonds is 0. The van der Waals surface area contributed by atoms with Gasteiger partial charge in [-0.1, -0.05) is 0 Å². The molecule has 0 aliphatic rings. The second-order valence-corrected chi connectivity index (χ2v) is 3.12. The summed E-state index contributed by atoms with van der Waals surface area (Å²) in [6.07, 6.45) is 0. The summed E-state index contributed by atoms with van der Waals surface area (Å²) in [7, 11) is 0. The van der Waals surface area contributed by atoms with Crippen molar-refractivity contribution in [1.82, 2.24) is 15.0 Å². The van der Waals surface area contributed by atoms with Crippen molar-refractivity contribution in [2.24, 2.45) is 0 Å². The molecule has 0 saturated carbocycles. The molecule has 0 aliphatic heterocycles. The lowest BCUT2D eigenvalue weighted by Gasteiger charge is -1.99. The monoisotopic (exact) mass is 193 g/mol. The van der Waals surface area contributed by atoms with Gasteiger partial charge in [0, 0.05) is 5.56 Å². The summed E-state index contributed by atoms with van der Waals surface area (Å²) in [5, 5.41) is 0. The number of pyridine rings is 1. The summed E-state index contributed by atoms with van der Waals surface area (Å²) >= 11 is 0. The number of halogens is 1. The zero-order chi connectivity index (χ0) is 10.3. The van der Waals surface area contributed by atoms with E-state index in [1.807, 2.05) is 0 Å². The number of aryl methyl sites for hydroxylation is 2. The quantitative estimate of drug-likeness (QED) is 0.680. The first-order valence-electron chi connectivity index (χ1n) is 4.11. The van der Waals surface area contributed by atoms with Gasteiger partial charge in [-0.25, -0.2) is 4.98 Å². The van der Waals surface area contributed by atoms with E-state index in [9.17, 15) is 9.18 Å². The fourth-order valence-electron chi connectivity index (χ4n) is 1.19. The van der Waals surface area contributed by atoms with Crippen molar-refractivity contribution < 1.29 is 4.39 Å². The summed E-state index contributed by atoms with van der Waals surface area (Å²) in [6.45, 7) is 3.20. The molecule has 0 radical (unpaired) electrons. The van der Waals surface area contributed by atoms with Crippen molar-refractivity contribution in [2.45, 2.75) is 13.8 Å². The highest BCUT2D eigenvalue weighted by atomic mass is 19.1. The molecule has 1 N–H and O–H groups in total. The second-order valence-electron chi connectivity index (χ2n) is 3.12. The smallest absolute Gasteiger partial charge is 0.252 e. The first-order chi connectivity index (χ1) is 6.58. The molecule has 2 aromatic rings. The fraction of sp³-hybridized carbons (Fsp3) is 0.222. The predicted molar refractivity (Wildman–Crippen MR) is 49.6 cm³/mol. The van der Waals surface area contributed by atoms with Crippen molar-refractivity contribution in [3.05, 3.63) is 33.6 Å². The molecule has 72 valence electrons. The summed E-state index contributed by atoms with van der Waals surface area (Å²) in [5.74, 6) is -0.656. The van der Waals surface area contributed by atoms with Gasteiger partial charge in [-0.3, -0.25) is 4.79 Å². The van der Waals surface area contributed by atoms with Crippen LogP contribution in [0.3, 0.4) is 0 Å². The van der Waals surface area contributed by atoms with E-state index in [0.717, 1.165) is 0 Å². The minimum absolute atomic E-state index is 0.184.